The van der Waals surface area contributed by atoms with E-state index in [4.69, 9.17) is 5.11 Å². The first-order valence-corrected chi connectivity index (χ1v) is 6.29. The summed E-state index contributed by atoms with van der Waals surface area (Å²) in [5.74, 6) is -0.765. The van der Waals surface area contributed by atoms with Gasteiger partial charge in [0.05, 0.1) is 6.42 Å². The summed E-state index contributed by atoms with van der Waals surface area (Å²) in [5.41, 5.74) is 3.33. The second-order valence-corrected chi connectivity index (χ2v) is 4.61. The molecule has 100 valence electrons. The van der Waals surface area contributed by atoms with Crippen LogP contribution in [0.3, 0.4) is 0 Å². The molecule has 0 aromatic rings. The maximum absolute atomic E-state index is 10.5. The van der Waals surface area contributed by atoms with Crippen LogP contribution in [0.15, 0.2) is 48.1 Å². The van der Waals surface area contributed by atoms with Crippen molar-refractivity contribution in [3.63, 3.8) is 0 Å². The van der Waals surface area contributed by atoms with Gasteiger partial charge in [-0.1, -0.05) is 48.1 Å². The predicted molar refractivity (Wildman–Crippen MR) is 77.6 cm³/mol. The number of hydrogen-bond acceptors (Lipinski definition) is 1. The third-order valence-electron chi connectivity index (χ3n) is 2.71. The molecule has 18 heavy (non-hydrogen) atoms. The van der Waals surface area contributed by atoms with E-state index in [1.165, 1.54) is 5.57 Å². The average molecular weight is 248 g/mol. The van der Waals surface area contributed by atoms with Gasteiger partial charge >= 0.3 is 5.97 Å². The van der Waals surface area contributed by atoms with E-state index in [-0.39, 0.29) is 6.42 Å². The molecule has 0 heterocycles. The Morgan fingerprint density at radius 2 is 1.67 bits per heavy atom. The Kier molecular flexibility index (Phi) is 8.63. The van der Waals surface area contributed by atoms with Crippen molar-refractivity contribution in [3.8, 4) is 0 Å². The Hall–Kier alpha value is -1.57. The van der Waals surface area contributed by atoms with Crippen LogP contribution < -0.4 is 0 Å². The predicted octanol–water partition coefficient (Wildman–Crippen LogP) is 4.66. The van der Waals surface area contributed by atoms with Crippen LogP contribution in [-0.4, -0.2) is 11.1 Å². The second kappa shape index (κ2) is 9.46. The topological polar surface area (TPSA) is 37.3 Å². The van der Waals surface area contributed by atoms with Crippen LogP contribution in [0.5, 0.6) is 0 Å². The summed E-state index contributed by atoms with van der Waals surface area (Å²) in [4.78, 5) is 10.5. The van der Waals surface area contributed by atoms with Crippen LogP contribution in [0.4, 0.5) is 0 Å². The lowest BCUT2D eigenvalue weighted by Crippen LogP contribution is -1.94. The van der Waals surface area contributed by atoms with Crippen LogP contribution in [0, 0.1) is 0 Å². The zero-order valence-electron chi connectivity index (χ0n) is 11.5. The van der Waals surface area contributed by atoms with Gasteiger partial charge in [0.25, 0.3) is 0 Å². The highest BCUT2D eigenvalue weighted by molar-refractivity contribution is 5.69. The first-order valence-electron chi connectivity index (χ1n) is 6.29. The molecule has 0 bridgehead atoms. The quantitative estimate of drug-likeness (QED) is 0.476. The molecule has 0 saturated carbocycles. The first kappa shape index (κ1) is 16.4. The number of carbonyl (C=O) groups is 1. The molecule has 0 atom stereocenters. The van der Waals surface area contributed by atoms with Crippen LogP contribution in [0.1, 0.15) is 46.0 Å². The standard InChI is InChI=1S/C16H24O2/c1-5-13(2)8-6-9-14(3)10-7-11-15(4)12-16(17)18/h5,9,11H,1-2,6-8,10,12H2,3-4H3,(H,17,18)/b14-9?,15-11-. The monoisotopic (exact) mass is 248 g/mol. The largest absolute Gasteiger partial charge is 0.481 e. The summed E-state index contributed by atoms with van der Waals surface area (Å²) in [5, 5.41) is 8.62. The van der Waals surface area contributed by atoms with Gasteiger partial charge in [0.15, 0.2) is 0 Å². The lowest BCUT2D eigenvalue weighted by molar-refractivity contribution is -0.136. The third-order valence-corrected chi connectivity index (χ3v) is 2.71. The van der Waals surface area contributed by atoms with E-state index in [1.807, 2.05) is 13.0 Å². The highest BCUT2D eigenvalue weighted by Gasteiger charge is 1.97. The SMILES string of the molecule is C=CC(=C)CCC=C(C)CC/C=C(/C)CC(=O)O. The number of hydrogen-bond donors (Lipinski definition) is 1. The molecule has 0 aliphatic rings. The third kappa shape index (κ3) is 9.64. The van der Waals surface area contributed by atoms with Crippen molar-refractivity contribution in [1.82, 2.24) is 0 Å². The van der Waals surface area contributed by atoms with Gasteiger partial charge in [-0.15, -0.1) is 0 Å². The van der Waals surface area contributed by atoms with Crippen molar-refractivity contribution >= 4 is 5.97 Å². The molecule has 0 aliphatic carbocycles. The molecule has 0 radical (unpaired) electrons. The lowest BCUT2D eigenvalue weighted by atomic mass is 10.1. The van der Waals surface area contributed by atoms with Gasteiger partial charge in [0, 0.05) is 0 Å². The van der Waals surface area contributed by atoms with Crippen molar-refractivity contribution in [2.24, 2.45) is 0 Å². The second-order valence-electron chi connectivity index (χ2n) is 4.61. The van der Waals surface area contributed by atoms with Crippen LogP contribution in [0.2, 0.25) is 0 Å². The Labute approximate surface area is 110 Å². The molecule has 0 fully saturated rings. The van der Waals surface area contributed by atoms with E-state index in [2.05, 4.69) is 26.2 Å². The van der Waals surface area contributed by atoms with Crippen LogP contribution in [-0.2, 0) is 4.79 Å². The van der Waals surface area contributed by atoms with Crippen LogP contribution in [0.25, 0.3) is 0 Å². The van der Waals surface area contributed by atoms with Crippen molar-refractivity contribution in [1.29, 1.82) is 0 Å². The first-order chi connectivity index (χ1) is 8.45. The van der Waals surface area contributed by atoms with Crippen molar-refractivity contribution in [2.75, 3.05) is 0 Å². The van der Waals surface area contributed by atoms with Gasteiger partial charge in [-0.05, 0) is 39.5 Å². The zero-order valence-corrected chi connectivity index (χ0v) is 11.5. The van der Waals surface area contributed by atoms with Gasteiger partial charge < -0.3 is 5.11 Å². The van der Waals surface area contributed by atoms with Crippen LogP contribution >= 0.6 is 0 Å². The minimum atomic E-state index is -0.765. The molecular formula is C16H24O2. The number of rotatable bonds is 9. The lowest BCUT2D eigenvalue weighted by Gasteiger charge is -2.01. The molecule has 0 unspecified atom stereocenters. The minimum absolute atomic E-state index is 0.141. The smallest absolute Gasteiger partial charge is 0.307 e. The van der Waals surface area contributed by atoms with E-state index in [0.717, 1.165) is 36.8 Å². The summed E-state index contributed by atoms with van der Waals surface area (Å²) in [7, 11) is 0. The fourth-order valence-corrected chi connectivity index (χ4v) is 1.57. The molecule has 0 amide bonds. The molecule has 0 aliphatic heterocycles. The molecular weight excluding hydrogens is 224 g/mol. The fourth-order valence-electron chi connectivity index (χ4n) is 1.57. The normalized spacial score (nSPS) is 12.3. The Bertz CT molecular complexity index is 359. The van der Waals surface area contributed by atoms with E-state index in [9.17, 15) is 4.79 Å². The molecule has 0 aromatic carbocycles. The van der Waals surface area contributed by atoms with E-state index < -0.39 is 5.97 Å². The fraction of sp³-hybridized carbons (Fsp3) is 0.438. The Balaban J connectivity index is 3.91. The van der Waals surface area contributed by atoms with Crippen molar-refractivity contribution < 1.29 is 9.90 Å². The molecule has 0 saturated heterocycles. The summed E-state index contributed by atoms with van der Waals surface area (Å²) < 4.78 is 0. The average Bonchev–Trinajstić information content (AvgIpc) is 2.27. The molecule has 2 nitrogen and oxygen atoms in total. The summed E-state index contributed by atoms with van der Waals surface area (Å²) in [6.45, 7) is 11.5. The summed E-state index contributed by atoms with van der Waals surface area (Å²) in [6, 6.07) is 0. The van der Waals surface area contributed by atoms with Crippen molar-refractivity contribution in [3.05, 3.63) is 48.1 Å². The van der Waals surface area contributed by atoms with Gasteiger partial charge in [0.1, 0.15) is 0 Å². The maximum Gasteiger partial charge on any atom is 0.307 e. The highest BCUT2D eigenvalue weighted by atomic mass is 16.4. The number of carboxylic acid groups (broad SMARTS) is 1. The number of allylic oxidation sites excluding steroid dienone is 5. The van der Waals surface area contributed by atoms with Gasteiger partial charge in [-0.25, -0.2) is 0 Å². The highest BCUT2D eigenvalue weighted by Crippen LogP contribution is 2.11. The van der Waals surface area contributed by atoms with E-state index in [0.29, 0.717) is 0 Å². The summed E-state index contributed by atoms with van der Waals surface area (Å²) in [6.07, 6.45) is 10.00. The van der Waals surface area contributed by atoms with Crippen molar-refractivity contribution in [2.45, 2.75) is 46.0 Å². The van der Waals surface area contributed by atoms with E-state index >= 15 is 0 Å². The molecule has 2 heteroatoms. The molecule has 0 rings (SSSR count). The Morgan fingerprint density at radius 3 is 2.22 bits per heavy atom. The zero-order chi connectivity index (χ0) is 14.0. The van der Waals surface area contributed by atoms with Gasteiger partial charge in [-0.3, -0.25) is 4.79 Å². The van der Waals surface area contributed by atoms with E-state index in [1.54, 1.807) is 6.08 Å². The number of carboxylic acids is 1. The molecule has 0 aromatic heterocycles. The summed E-state index contributed by atoms with van der Waals surface area (Å²) >= 11 is 0. The molecule has 0 spiro atoms. The Morgan fingerprint density at radius 1 is 1.11 bits per heavy atom. The van der Waals surface area contributed by atoms with Gasteiger partial charge in [-0.2, -0.15) is 0 Å². The minimum Gasteiger partial charge on any atom is -0.481 e. The maximum atomic E-state index is 10.5. The van der Waals surface area contributed by atoms with Gasteiger partial charge in [0.2, 0.25) is 0 Å². The number of aliphatic carboxylic acids is 1. The molecule has 1 N–H and O–H groups in total.